The molecule has 4 N–H and O–H groups in total. The molecule has 4 aromatic rings. The molecular weight excluding hydrogens is 871 g/mol. The van der Waals surface area contributed by atoms with Crippen LogP contribution in [0.15, 0.2) is 36.4 Å². The Morgan fingerprint density at radius 3 is 1.45 bits per heavy atom. The normalized spacial score (nSPS) is 19.6. The van der Waals surface area contributed by atoms with Gasteiger partial charge in [-0.1, -0.05) is 20.3 Å². The number of fused-ring (bicyclic) bond motifs is 2. The average Bonchev–Trinajstić information content (AvgIpc) is 3.97. The van der Waals surface area contributed by atoms with Crippen LogP contribution in [0, 0.1) is 11.6 Å². The van der Waals surface area contributed by atoms with E-state index in [-0.39, 0.29) is 51.1 Å². The molecule has 364 valence electrons. The molecule has 2 aliphatic heterocycles. The number of aromatic amines is 2. The molecular formula is C49H64F2N6O10. The van der Waals surface area contributed by atoms with Gasteiger partial charge >= 0.3 is 24.1 Å². The van der Waals surface area contributed by atoms with Crippen LogP contribution in [0.5, 0.6) is 0 Å². The van der Waals surface area contributed by atoms with Crippen LogP contribution in [0.25, 0.3) is 33.2 Å². The molecule has 0 saturated carbocycles. The van der Waals surface area contributed by atoms with Crippen LogP contribution in [0.4, 0.5) is 18.4 Å². The Morgan fingerprint density at radius 2 is 1.07 bits per heavy atom. The van der Waals surface area contributed by atoms with Crippen LogP contribution < -0.4 is 10.6 Å². The van der Waals surface area contributed by atoms with Gasteiger partial charge in [0.1, 0.15) is 47.1 Å². The molecule has 2 fully saturated rings. The van der Waals surface area contributed by atoms with Gasteiger partial charge in [-0.05, 0) is 115 Å². The van der Waals surface area contributed by atoms with Crippen molar-refractivity contribution in [2.24, 2.45) is 0 Å². The van der Waals surface area contributed by atoms with Crippen molar-refractivity contribution in [2.45, 2.75) is 162 Å². The molecule has 67 heavy (non-hydrogen) atoms. The minimum absolute atomic E-state index is 0.0513. The van der Waals surface area contributed by atoms with Crippen molar-refractivity contribution < 1.29 is 56.5 Å². The summed E-state index contributed by atoms with van der Waals surface area (Å²) in [5, 5.41) is 6.72. The first kappa shape index (κ1) is 50.2. The second-order valence-corrected chi connectivity index (χ2v) is 19.6. The summed E-state index contributed by atoms with van der Waals surface area (Å²) in [5.74, 6) is -2.84. The summed E-state index contributed by atoms with van der Waals surface area (Å²) in [6, 6.07) is 5.56. The Morgan fingerprint density at radius 1 is 0.672 bits per heavy atom. The number of nitrogens with zero attached hydrogens (tertiary/aromatic N) is 2. The number of carbonyl (C=O) groups excluding carboxylic acids is 6. The van der Waals surface area contributed by atoms with Crippen LogP contribution in [0.2, 0.25) is 0 Å². The number of H-pyrrole nitrogens is 2. The minimum Gasteiger partial charge on any atom is -0.461 e. The molecule has 6 atom stereocenters. The molecule has 0 radical (unpaired) electrons. The van der Waals surface area contributed by atoms with Crippen molar-refractivity contribution in [3.8, 4) is 11.4 Å². The molecule has 4 amide bonds. The van der Waals surface area contributed by atoms with Crippen LogP contribution in [0.3, 0.4) is 0 Å². The van der Waals surface area contributed by atoms with Gasteiger partial charge in [0.2, 0.25) is 11.8 Å². The maximum Gasteiger partial charge on any atom is 0.408 e. The zero-order valence-electron chi connectivity index (χ0n) is 40.0. The lowest BCUT2D eigenvalue weighted by Crippen LogP contribution is -2.51. The number of hydrogen-bond acceptors (Lipinski definition) is 10. The summed E-state index contributed by atoms with van der Waals surface area (Å²) in [6.07, 6.45) is -0.883. The predicted octanol–water partition coefficient (Wildman–Crippen LogP) is 7.74. The third-order valence-corrected chi connectivity index (χ3v) is 11.8. The van der Waals surface area contributed by atoms with E-state index in [0.717, 1.165) is 0 Å². The molecule has 0 bridgehead atoms. The predicted molar refractivity (Wildman–Crippen MR) is 246 cm³/mol. The number of likely N-dealkylation sites (tertiary alicyclic amines) is 2. The van der Waals surface area contributed by atoms with Gasteiger partial charge in [-0.2, -0.15) is 0 Å². The number of alkyl carbamates (subject to hydrolysis) is 2. The van der Waals surface area contributed by atoms with E-state index < -0.39 is 89.2 Å². The fourth-order valence-corrected chi connectivity index (χ4v) is 9.28. The molecule has 2 saturated heterocycles. The number of ether oxygens (including phenoxy) is 4. The van der Waals surface area contributed by atoms with Crippen molar-refractivity contribution >= 4 is 57.7 Å². The highest BCUT2D eigenvalue weighted by molar-refractivity contribution is 5.96. The first-order valence-electron chi connectivity index (χ1n) is 23.0. The van der Waals surface area contributed by atoms with Crippen molar-refractivity contribution in [3.63, 3.8) is 0 Å². The average molecular weight is 935 g/mol. The number of benzene rings is 2. The summed E-state index contributed by atoms with van der Waals surface area (Å²) >= 11 is 0. The fraction of sp³-hybridized carbons (Fsp3) is 0.551. The molecule has 18 heteroatoms. The number of hydrogen-bond donors (Lipinski definition) is 4. The molecule has 6 rings (SSSR count). The van der Waals surface area contributed by atoms with E-state index in [1.165, 1.54) is 38.1 Å². The number of carbonyl (C=O) groups is 6. The number of esters is 2. The molecule has 16 nitrogen and oxygen atoms in total. The largest absolute Gasteiger partial charge is 0.461 e. The number of nitrogens with one attached hydrogen (secondary N) is 4. The smallest absolute Gasteiger partial charge is 0.408 e. The zero-order chi connectivity index (χ0) is 49.1. The standard InChI is InChI=1S/C49H64F2N6O10/c1-11-13-39(55-47(63)67-49(8,9)10)45(61)57-25-33(65-27(4)59)21-31(57)23-37-35-17-15-29(51)19-41(35)53-43(37)42-36(34-16-14-28(50)18-40(34)52-42)22-30-20-32(64-26(3)58)24-56(30)44(60)38(12-2)54-46(62)66-48(5,6)7/h14-19,30-33,38-39,52-53H,11-13,20-25H2,1-10H3,(H,54,62)(H,55,63)/t30-,31-,32-,33-,38-,39-/m0/s1. The maximum atomic E-state index is 15.0. The number of aromatic nitrogens is 2. The SMILES string of the molecule is CCC[C@H](NC(=O)OC(C)(C)C)C(=O)N1C[C@@H](OC(C)=O)C[C@H]1Cc1c(-c2[nH]c3cc(F)ccc3c2C[C@@H]2C[C@H](OC(C)=O)CN2C(=O)[C@H](CC)NC(=O)OC(C)(C)C)[nH]c2cc(F)ccc12. The summed E-state index contributed by atoms with van der Waals surface area (Å²) in [5.41, 5.74) is 1.62. The molecule has 4 heterocycles. The Hall–Kier alpha value is -6.20. The van der Waals surface area contributed by atoms with Crippen LogP contribution in [-0.2, 0) is 51.0 Å². The van der Waals surface area contributed by atoms with E-state index in [2.05, 4.69) is 20.6 Å². The van der Waals surface area contributed by atoms with E-state index in [4.69, 9.17) is 18.9 Å². The molecule has 0 unspecified atom stereocenters. The second-order valence-electron chi connectivity index (χ2n) is 19.6. The Labute approximate surface area is 389 Å². The summed E-state index contributed by atoms with van der Waals surface area (Å²) in [7, 11) is 0. The number of halogens is 2. The van der Waals surface area contributed by atoms with Gasteiger partial charge in [-0.15, -0.1) is 0 Å². The molecule has 2 aliphatic rings. The third-order valence-electron chi connectivity index (χ3n) is 11.8. The first-order valence-corrected chi connectivity index (χ1v) is 23.0. The molecule has 2 aromatic heterocycles. The first-order chi connectivity index (χ1) is 31.4. The fourth-order valence-electron chi connectivity index (χ4n) is 9.28. The van der Waals surface area contributed by atoms with Gasteiger partial charge in [0.15, 0.2) is 0 Å². The highest BCUT2D eigenvalue weighted by atomic mass is 19.1. The van der Waals surface area contributed by atoms with Crippen molar-refractivity contribution in [2.75, 3.05) is 13.1 Å². The van der Waals surface area contributed by atoms with Gasteiger partial charge in [-0.25, -0.2) is 18.4 Å². The Bertz CT molecular complexity index is 2510. The lowest BCUT2D eigenvalue weighted by molar-refractivity contribution is -0.147. The van der Waals surface area contributed by atoms with Gasteiger partial charge in [0, 0.05) is 60.6 Å². The lowest BCUT2D eigenvalue weighted by atomic mass is 9.94. The third kappa shape index (κ3) is 12.4. The highest BCUT2D eigenvalue weighted by Crippen LogP contribution is 2.40. The van der Waals surface area contributed by atoms with Crippen molar-refractivity contribution in [1.29, 1.82) is 0 Å². The number of rotatable bonds is 14. The van der Waals surface area contributed by atoms with Gasteiger partial charge < -0.3 is 49.3 Å². The topological polar surface area (TPSA) is 201 Å². The maximum absolute atomic E-state index is 15.0. The lowest BCUT2D eigenvalue weighted by Gasteiger charge is -2.30. The zero-order valence-corrected chi connectivity index (χ0v) is 40.0. The summed E-state index contributed by atoms with van der Waals surface area (Å²) < 4.78 is 52.4. The van der Waals surface area contributed by atoms with Crippen molar-refractivity contribution in [3.05, 3.63) is 59.2 Å². The number of amides is 4. The van der Waals surface area contributed by atoms with Crippen LogP contribution in [0.1, 0.15) is 112 Å². The monoisotopic (exact) mass is 934 g/mol. The Balaban J connectivity index is 1.43. The van der Waals surface area contributed by atoms with E-state index in [0.29, 0.717) is 57.2 Å². The molecule has 2 aromatic carbocycles. The highest BCUT2D eigenvalue weighted by Gasteiger charge is 2.43. The summed E-state index contributed by atoms with van der Waals surface area (Å²) in [4.78, 5) is 89.5. The van der Waals surface area contributed by atoms with E-state index >= 15 is 8.78 Å². The van der Waals surface area contributed by atoms with E-state index in [1.807, 2.05) is 6.92 Å². The molecule has 0 aliphatic carbocycles. The van der Waals surface area contributed by atoms with Crippen LogP contribution in [-0.4, -0.2) is 116 Å². The quantitative estimate of drug-likeness (QED) is 0.0716. The van der Waals surface area contributed by atoms with Crippen molar-refractivity contribution in [1.82, 2.24) is 30.4 Å². The van der Waals surface area contributed by atoms with Gasteiger partial charge in [-0.3, -0.25) is 19.2 Å². The van der Waals surface area contributed by atoms with E-state index in [9.17, 15) is 28.8 Å². The Kier molecular flexibility index (Phi) is 15.3. The minimum atomic E-state index is -0.968. The van der Waals surface area contributed by atoms with Gasteiger partial charge in [0.05, 0.1) is 24.5 Å². The molecule has 0 spiro atoms. The van der Waals surface area contributed by atoms with E-state index in [1.54, 1.807) is 70.4 Å². The van der Waals surface area contributed by atoms with Gasteiger partial charge in [0.25, 0.3) is 0 Å². The summed E-state index contributed by atoms with van der Waals surface area (Å²) in [6.45, 7) is 16.7. The van der Waals surface area contributed by atoms with Crippen LogP contribution >= 0.6 is 0 Å². The second kappa shape index (κ2) is 20.3.